The van der Waals surface area contributed by atoms with Crippen LogP contribution in [0.1, 0.15) is 45.2 Å². The molecule has 0 atom stereocenters. The minimum atomic E-state index is -0.442. The van der Waals surface area contributed by atoms with Crippen LogP contribution < -0.4 is 0 Å². The summed E-state index contributed by atoms with van der Waals surface area (Å²) in [7, 11) is 0. The summed E-state index contributed by atoms with van der Waals surface area (Å²) in [6.07, 6.45) is 5.18. The number of rotatable bonds is 4. The van der Waals surface area contributed by atoms with Crippen LogP contribution in [0.5, 0.6) is 0 Å². The van der Waals surface area contributed by atoms with E-state index >= 15 is 0 Å². The molecule has 2 heterocycles. The quantitative estimate of drug-likeness (QED) is 0.486. The maximum absolute atomic E-state index is 13.4. The Kier molecular flexibility index (Phi) is 4.23. The highest BCUT2D eigenvalue weighted by Gasteiger charge is 2.43. The summed E-state index contributed by atoms with van der Waals surface area (Å²) in [5.74, 6) is 0.0728. The van der Waals surface area contributed by atoms with Crippen molar-refractivity contribution in [3.05, 3.63) is 130 Å². The van der Waals surface area contributed by atoms with Crippen molar-refractivity contribution in [2.24, 2.45) is 0 Å². The van der Waals surface area contributed by atoms with Gasteiger partial charge in [-0.2, -0.15) is 0 Å². The van der Waals surface area contributed by atoms with Crippen LogP contribution in [0.3, 0.4) is 0 Å². The molecule has 5 rings (SSSR count). The third kappa shape index (κ3) is 3.03. The maximum atomic E-state index is 13.4. The van der Waals surface area contributed by atoms with Crippen LogP contribution in [0.2, 0.25) is 0 Å². The molecule has 2 aromatic carbocycles. The summed E-state index contributed by atoms with van der Waals surface area (Å²) in [6, 6.07) is 23.9. The minimum absolute atomic E-state index is 0.0728. The lowest BCUT2D eigenvalue weighted by molar-refractivity contribution is 0.102. The summed E-state index contributed by atoms with van der Waals surface area (Å²) in [4.78, 5) is 21.8. The average Bonchev–Trinajstić information content (AvgIpc) is 2.78. The predicted octanol–water partition coefficient (Wildman–Crippen LogP) is 5.10. The first-order chi connectivity index (χ1) is 15.1. The number of benzene rings is 2. The molecule has 0 saturated carbocycles. The van der Waals surface area contributed by atoms with Crippen molar-refractivity contribution in [3.63, 3.8) is 0 Å². The minimum Gasteiger partial charge on any atom is -0.289 e. The average molecular weight is 391 g/mol. The van der Waals surface area contributed by atoms with Crippen molar-refractivity contribution in [3.8, 4) is 0 Å². The number of pyridine rings is 2. The van der Waals surface area contributed by atoms with Crippen molar-refractivity contribution < 1.29 is 6.17 Å². The molecule has 1 aliphatic carbocycles. The van der Waals surface area contributed by atoms with E-state index in [1.807, 2.05) is 61.7 Å². The fraction of sp³-hybridized carbons (Fsp3) is 0.148. The van der Waals surface area contributed by atoms with Gasteiger partial charge in [-0.1, -0.05) is 48.5 Å². The van der Waals surface area contributed by atoms with Crippen molar-refractivity contribution in [1.82, 2.24) is 9.97 Å². The monoisotopic (exact) mass is 391 g/mol. The van der Waals surface area contributed by atoms with E-state index in [9.17, 15) is 4.79 Å². The fourth-order valence-electron chi connectivity index (χ4n) is 4.80. The highest BCUT2D eigenvalue weighted by Crippen LogP contribution is 2.46. The molecule has 146 valence electrons. The molecule has 0 aliphatic heterocycles. The van der Waals surface area contributed by atoms with E-state index in [2.05, 4.69) is 34.2 Å². The topological polar surface area (TPSA) is 42.9 Å². The van der Waals surface area contributed by atoms with Crippen molar-refractivity contribution in [1.29, 1.82) is 0 Å². The lowest BCUT2D eigenvalue weighted by atomic mass is 9.61. The van der Waals surface area contributed by atoms with Crippen LogP contribution in [0.15, 0.2) is 91.4 Å². The molecule has 0 unspecified atom stereocenters. The smallest absolute Gasteiger partial charge is 0.193 e. The van der Waals surface area contributed by atoms with E-state index in [1.54, 1.807) is 6.20 Å². The van der Waals surface area contributed by atoms with Crippen molar-refractivity contribution in [2.45, 2.75) is 25.2 Å². The Morgan fingerprint density at radius 1 is 0.833 bits per heavy atom. The van der Waals surface area contributed by atoms with Crippen LogP contribution in [0, 0.1) is 6.92 Å². The molecule has 0 radical (unpaired) electrons. The van der Waals surface area contributed by atoms with Crippen LogP contribution in [-0.2, 0) is 18.3 Å². The second-order valence-electron chi connectivity index (χ2n) is 7.95. The number of aromatic nitrogens is 2. The third-order valence-electron chi connectivity index (χ3n) is 6.04. The Balaban J connectivity index is 1.79. The van der Waals surface area contributed by atoms with Gasteiger partial charge >= 0.3 is 0 Å². The molecule has 0 amide bonds. The molecule has 3 heteroatoms. The van der Waals surface area contributed by atoms with Crippen LogP contribution in [0.25, 0.3) is 0 Å². The Hall–Kier alpha value is -3.59. The molecule has 0 saturated heterocycles. The maximum Gasteiger partial charge on any atom is 0.193 e. The molecule has 3 nitrogen and oxygen atoms in total. The van der Waals surface area contributed by atoms with Gasteiger partial charge in [0.25, 0.3) is 0 Å². The summed E-state index contributed by atoms with van der Waals surface area (Å²) in [5.41, 5.74) is 6.32. The summed E-state index contributed by atoms with van der Waals surface area (Å²) in [6.45, 7) is 2.00. The lowest BCUT2D eigenvalue weighted by Gasteiger charge is -2.41. The van der Waals surface area contributed by atoms with Crippen molar-refractivity contribution in [2.75, 3.05) is 0 Å². The van der Waals surface area contributed by atoms with Gasteiger partial charge in [0.15, 0.2) is 5.78 Å². The van der Waals surface area contributed by atoms with Gasteiger partial charge in [0, 0.05) is 40.8 Å². The number of aryl methyl sites for hydroxylation is 1. The SMILES string of the molecule is [2H]c1cc(CC2(Cc3ccnc(C)c3)c3ccccc3C(=O)c3ccccc32)ccn1. The molecular formula is C27H22N2O. The highest BCUT2D eigenvalue weighted by molar-refractivity contribution is 6.13. The molecule has 0 N–H and O–H groups in total. The van der Waals surface area contributed by atoms with E-state index in [4.69, 9.17) is 1.37 Å². The molecule has 30 heavy (non-hydrogen) atoms. The van der Waals surface area contributed by atoms with E-state index in [0.29, 0.717) is 6.42 Å². The molecule has 0 bridgehead atoms. The van der Waals surface area contributed by atoms with Crippen LogP contribution in [-0.4, -0.2) is 15.8 Å². The van der Waals surface area contributed by atoms with E-state index < -0.39 is 5.41 Å². The fourth-order valence-corrected chi connectivity index (χ4v) is 4.80. The van der Waals surface area contributed by atoms with Gasteiger partial charge in [-0.3, -0.25) is 14.8 Å². The summed E-state index contributed by atoms with van der Waals surface area (Å²) in [5, 5.41) is 0. The Labute approximate surface area is 177 Å². The lowest BCUT2D eigenvalue weighted by Crippen LogP contribution is -2.39. The van der Waals surface area contributed by atoms with Gasteiger partial charge in [-0.05, 0) is 66.3 Å². The number of hydrogen-bond donors (Lipinski definition) is 0. The van der Waals surface area contributed by atoms with Crippen LogP contribution in [0.4, 0.5) is 0 Å². The van der Waals surface area contributed by atoms with Gasteiger partial charge in [-0.25, -0.2) is 0 Å². The zero-order chi connectivity index (χ0) is 21.4. The third-order valence-corrected chi connectivity index (χ3v) is 6.04. The first-order valence-corrected chi connectivity index (χ1v) is 10.1. The predicted molar refractivity (Wildman–Crippen MR) is 118 cm³/mol. The first kappa shape index (κ1) is 17.3. The normalized spacial score (nSPS) is 14.6. The first-order valence-electron chi connectivity index (χ1n) is 10.6. The molecule has 4 aromatic rings. The van der Waals surface area contributed by atoms with E-state index in [-0.39, 0.29) is 12.0 Å². The second-order valence-corrected chi connectivity index (χ2v) is 7.95. The van der Waals surface area contributed by atoms with E-state index in [0.717, 1.165) is 39.9 Å². The van der Waals surface area contributed by atoms with Crippen molar-refractivity contribution >= 4 is 5.78 Å². The number of ketones is 1. The molecule has 1 aliphatic rings. The molecule has 2 aromatic heterocycles. The number of nitrogens with zero attached hydrogens (tertiary/aromatic N) is 2. The van der Waals surface area contributed by atoms with E-state index in [1.165, 1.54) is 5.56 Å². The number of hydrogen-bond acceptors (Lipinski definition) is 3. The second kappa shape index (κ2) is 7.34. The van der Waals surface area contributed by atoms with Gasteiger partial charge < -0.3 is 0 Å². The molecular weight excluding hydrogens is 368 g/mol. The standard InChI is InChI=1S/C27H22N2O/c1-19-16-21(12-15-29-19)18-27(17-20-10-13-28-14-11-20)24-8-4-2-6-22(24)26(30)23-7-3-5-9-25(23)27/h2-16H,17-18H2,1H3/i13D. The summed E-state index contributed by atoms with van der Waals surface area (Å²) >= 11 is 0. The van der Waals surface area contributed by atoms with Gasteiger partial charge in [-0.15, -0.1) is 0 Å². The summed E-state index contributed by atoms with van der Waals surface area (Å²) < 4.78 is 8.01. The zero-order valence-electron chi connectivity index (χ0n) is 17.8. The number of fused-ring (bicyclic) bond motifs is 2. The zero-order valence-corrected chi connectivity index (χ0v) is 16.8. The van der Waals surface area contributed by atoms with Crippen LogP contribution >= 0.6 is 0 Å². The van der Waals surface area contributed by atoms with Gasteiger partial charge in [0.05, 0.1) is 1.37 Å². The van der Waals surface area contributed by atoms with Gasteiger partial charge in [0.1, 0.15) is 0 Å². The Morgan fingerprint density at radius 3 is 2.13 bits per heavy atom. The molecule has 0 fully saturated rings. The number of carbonyl (C=O) groups excluding carboxylic acids is 1. The molecule has 0 spiro atoms. The Morgan fingerprint density at radius 2 is 1.47 bits per heavy atom. The Bertz CT molecular complexity index is 1200. The number of carbonyl (C=O) groups is 1. The highest BCUT2D eigenvalue weighted by atomic mass is 16.1. The van der Waals surface area contributed by atoms with Gasteiger partial charge in [0.2, 0.25) is 0 Å². The largest absolute Gasteiger partial charge is 0.289 e.